The van der Waals surface area contributed by atoms with Gasteiger partial charge in [-0.1, -0.05) is 17.5 Å². The molecule has 0 fully saturated rings. The van der Waals surface area contributed by atoms with Crippen LogP contribution >= 0.6 is 11.6 Å². The normalized spacial score (nSPS) is 10.0. The van der Waals surface area contributed by atoms with Crippen molar-refractivity contribution in [2.24, 2.45) is 0 Å². The molecule has 0 aliphatic heterocycles. The fraction of sp³-hybridized carbons (Fsp3) is 0.125. The van der Waals surface area contributed by atoms with Gasteiger partial charge in [-0.3, -0.25) is 0 Å². The Hall–Kier alpha value is -1.80. The highest BCUT2D eigenvalue weighted by molar-refractivity contribution is 6.29. The van der Waals surface area contributed by atoms with Gasteiger partial charge in [0.15, 0.2) is 6.61 Å². The number of hydrogen-bond donors (Lipinski definition) is 0. The van der Waals surface area contributed by atoms with E-state index < -0.39 is 0 Å². The van der Waals surface area contributed by atoms with Crippen molar-refractivity contribution >= 4 is 17.4 Å². The van der Waals surface area contributed by atoms with Crippen molar-refractivity contribution in [2.45, 2.75) is 0 Å². The lowest BCUT2D eigenvalue weighted by Crippen LogP contribution is -2.02. The SMILES string of the molecule is C#CCOc1cc(Cl)nc2ncnn12. The molecule has 0 spiro atoms. The number of aromatic nitrogens is 4. The fourth-order valence-corrected chi connectivity index (χ4v) is 1.15. The highest BCUT2D eigenvalue weighted by Gasteiger charge is 2.06. The summed E-state index contributed by atoms with van der Waals surface area (Å²) in [6, 6.07) is 1.53. The molecule has 2 rings (SSSR count). The Morgan fingerprint density at radius 1 is 1.64 bits per heavy atom. The van der Waals surface area contributed by atoms with Gasteiger partial charge in [0.25, 0.3) is 5.78 Å². The van der Waals surface area contributed by atoms with Gasteiger partial charge in [0.2, 0.25) is 5.88 Å². The summed E-state index contributed by atoms with van der Waals surface area (Å²) in [4.78, 5) is 7.80. The Bertz CT molecular complexity index is 502. The van der Waals surface area contributed by atoms with Crippen LogP contribution in [0, 0.1) is 12.3 Å². The van der Waals surface area contributed by atoms with Crippen molar-refractivity contribution in [2.75, 3.05) is 6.61 Å². The van der Waals surface area contributed by atoms with Crippen molar-refractivity contribution in [3.8, 4) is 18.2 Å². The first-order valence-electron chi connectivity index (χ1n) is 3.74. The van der Waals surface area contributed by atoms with Crippen LogP contribution in [0.5, 0.6) is 5.88 Å². The van der Waals surface area contributed by atoms with E-state index in [-0.39, 0.29) is 11.8 Å². The maximum absolute atomic E-state index is 5.74. The molecule has 0 unspecified atom stereocenters. The molecule has 0 aliphatic carbocycles. The molecule has 0 radical (unpaired) electrons. The van der Waals surface area contributed by atoms with Gasteiger partial charge in [-0.25, -0.2) is 0 Å². The van der Waals surface area contributed by atoms with Crippen LogP contribution in [0.4, 0.5) is 0 Å². The number of rotatable bonds is 2. The Morgan fingerprint density at radius 3 is 3.29 bits per heavy atom. The minimum Gasteiger partial charge on any atom is -0.464 e. The second-order valence-corrected chi connectivity index (χ2v) is 2.77. The molecule has 0 saturated heterocycles. The molecule has 0 atom stereocenters. The molecule has 0 bridgehead atoms. The van der Waals surface area contributed by atoms with Crippen LogP contribution in [-0.2, 0) is 0 Å². The van der Waals surface area contributed by atoms with E-state index in [1.54, 1.807) is 0 Å². The highest BCUT2D eigenvalue weighted by Crippen LogP contribution is 2.16. The molecule has 14 heavy (non-hydrogen) atoms. The minimum atomic E-state index is 0.148. The minimum absolute atomic E-state index is 0.148. The predicted molar refractivity (Wildman–Crippen MR) is 50.1 cm³/mol. The molecule has 0 amide bonds. The largest absolute Gasteiger partial charge is 0.464 e. The predicted octanol–water partition coefficient (Wildman–Crippen LogP) is 0.790. The van der Waals surface area contributed by atoms with E-state index in [4.69, 9.17) is 22.8 Å². The Kier molecular flexibility index (Phi) is 2.21. The first-order chi connectivity index (χ1) is 6.81. The molecule has 0 N–H and O–H groups in total. The van der Waals surface area contributed by atoms with Crippen LogP contribution in [0.15, 0.2) is 12.4 Å². The van der Waals surface area contributed by atoms with Gasteiger partial charge in [-0.15, -0.1) is 6.42 Å². The summed E-state index contributed by atoms with van der Waals surface area (Å²) in [7, 11) is 0. The van der Waals surface area contributed by atoms with Crippen molar-refractivity contribution < 1.29 is 4.74 Å². The maximum atomic E-state index is 5.74. The maximum Gasteiger partial charge on any atom is 0.256 e. The first kappa shape index (κ1) is 8.78. The smallest absolute Gasteiger partial charge is 0.256 e. The Labute approximate surface area is 84.7 Å². The van der Waals surface area contributed by atoms with Crippen LogP contribution in [0.3, 0.4) is 0 Å². The third kappa shape index (κ3) is 1.47. The van der Waals surface area contributed by atoms with Gasteiger partial charge < -0.3 is 4.74 Å². The zero-order valence-electron chi connectivity index (χ0n) is 7.01. The van der Waals surface area contributed by atoms with Crippen molar-refractivity contribution in [1.29, 1.82) is 0 Å². The first-order valence-corrected chi connectivity index (χ1v) is 4.11. The summed E-state index contributed by atoms with van der Waals surface area (Å²) in [6.07, 6.45) is 6.43. The lowest BCUT2D eigenvalue weighted by Gasteiger charge is -2.03. The van der Waals surface area contributed by atoms with Gasteiger partial charge >= 0.3 is 0 Å². The fourth-order valence-electron chi connectivity index (χ4n) is 0.976. The molecular weight excluding hydrogens is 204 g/mol. The Morgan fingerprint density at radius 2 is 2.50 bits per heavy atom. The van der Waals surface area contributed by atoms with Gasteiger partial charge in [-0.2, -0.15) is 19.6 Å². The summed E-state index contributed by atoms with van der Waals surface area (Å²) in [6.45, 7) is 0.148. The monoisotopic (exact) mass is 208 g/mol. The van der Waals surface area contributed by atoms with E-state index >= 15 is 0 Å². The quantitative estimate of drug-likeness (QED) is 0.541. The molecule has 70 valence electrons. The second-order valence-electron chi connectivity index (χ2n) is 2.38. The van der Waals surface area contributed by atoms with Crippen LogP contribution in [0.2, 0.25) is 5.15 Å². The average Bonchev–Trinajstić information content (AvgIpc) is 2.61. The van der Waals surface area contributed by atoms with Crippen LogP contribution < -0.4 is 4.74 Å². The molecule has 6 heteroatoms. The standard InChI is InChI=1S/C8H5ClN4O/c1-2-3-14-7-4-6(9)12-8-10-5-11-13(7)8/h1,4-5H,3H2. The number of terminal acetylenes is 1. The lowest BCUT2D eigenvalue weighted by molar-refractivity contribution is 0.344. The van der Waals surface area contributed by atoms with Crippen LogP contribution in [0.1, 0.15) is 0 Å². The molecular formula is C8H5ClN4O. The van der Waals surface area contributed by atoms with Gasteiger partial charge in [0.05, 0.1) is 0 Å². The summed E-state index contributed by atoms with van der Waals surface area (Å²) in [5.74, 6) is 3.15. The number of halogens is 1. The van der Waals surface area contributed by atoms with Crippen molar-refractivity contribution in [1.82, 2.24) is 19.6 Å². The van der Waals surface area contributed by atoms with E-state index in [0.29, 0.717) is 11.7 Å². The molecule has 2 aromatic heterocycles. The average molecular weight is 209 g/mol. The van der Waals surface area contributed by atoms with Crippen LogP contribution in [0.25, 0.3) is 5.78 Å². The zero-order valence-corrected chi connectivity index (χ0v) is 7.77. The molecule has 0 aromatic carbocycles. The third-order valence-corrected chi connectivity index (χ3v) is 1.68. The Balaban J connectivity index is 2.51. The van der Waals surface area contributed by atoms with Crippen molar-refractivity contribution in [3.05, 3.63) is 17.5 Å². The second kappa shape index (κ2) is 3.52. The van der Waals surface area contributed by atoms with Gasteiger partial charge in [-0.05, 0) is 0 Å². The molecule has 5 nitrogen and oxygen atoms in total. The number of hydrogen-bond acceptors (Lipinski definition) is 4. The lowest BCUT2D eigenvalue weighted by atomic mass is 10.6. The zero-order chi connectivity index (χ0) is 9.97. The molecule has 2 aromatic rings. The summed E-state index contributed by atoms with van der Waals surface area (Å²) >= 11 is 5.74. The van der Waals surface area contributed by atoms with E-state index in [2.05, 4.69) is 21.0 Å². The van der Waals surface area contributed by atoms with Crippen molar-refractivity contribution in [3.63, 3.8) is 0 Å². The number of fused-ring (bicyclic) bond motifs is 1. The third-order valence-electron chi connectivity index (χ3n) is 1.49. The van der Waals surface area contributed by atoms with E-state index in [9.17, 15) is 0 Å². The highest BCUT2D eigenvalue weighted by atomic mass is 35.5. The van der Waals surface area contributed by atoms with Gasteiger partial charge in [0, 0.05) is 6.07 Å². The molecule has 0 aliphatic rings. The number of ether oxygens (including phenoxy) is 1. The topological polar surface area (TPSA) is 52.3 Å². The van der Waals surface area contributed by atoms with Gasteiger partial charge in [0.1, 0.15) is 11.5 Å². The molecule has 0 saturated carbocycles. The van der Waals surface area contributed by atoms with E-state index in [0.717, 1.165) is 0 Å². The summed E-state index contributed by atoms with van der Waals surface area (Å²) in [5, 5.41) is 4.19. The number of nitrogens with zero attached hydrogens (tertiary/aromatic N) is 4. The van der Waals surface area contributed by atoms with E-state index in [1.165, 1.54) is 16.9 Å². The van der Waals surface area contributed by atoms with E-state index in [1.807, 2.05) is 0 Å². The molecule has 2 heterocycles. The summed E-state index contributed by atoms with van der Waals surface area (Å²) < 4.78 is 6.63. The summed E-state index contributed by atoms with van der Waals surface area (Å²) in [5.41, 5.74) is 0. The van der Waals surface area contributed by atoms with Crippen LogP contribution in [-0.4, -0.2) is 26.2 Å².